The Morgan fingerprint density at radius 3 is 2.57 bits per heavy atom. The lowest BCUT2D eigenvalue weighted by Gasteiger charge is -2.35. The molecule has 3 N–H and O–H groups in total. The summed E-state index contributed by atoms with van der Waals surface area (Å²) >= 11 is 0. The number of hydrogen-bond acceptors (Lipinski definition) is 7. The van der Waals surface area contributed by atoms with Crippen LogP contribution in [0.4, 0.5) is 4.39 Å². The molecule has 0 amide bonds. The molecule has 7 nitrogen and oxygen atoms in total. The number of halogens is 1. The van der Waals surface area contributed by atoms with Crippen LogP contribution in [0.3, 0.4) is 0 Å². The first kappa shape index (κ1) is 32.9. The van der Waals surface area contributed by atoms with Gasteiger partial charge in [0.25, 0.3) is 0 Å². The average molecular weight is 520 g/mol. The maximum absolute atomic E-state index is 15.5. The lowest BCUT2D eigenvalue weighted by atomic mass is 9.92. The van der Waals surface area contributed by atoms with Crippen molar-refractivity contribution >= 4 is 5.71 Å². The van der Waals surface area contributed by atoms with E-state index in [1.54, 1.807) is 38.2 Å². The number of rotatable bonds is 12. The summed E-state index contributed by atoms with van der Waals surface area (Å²) in [5.41, 5.74) is 0.793. The zero-order valence-electron chi connectivity index (χ0n) is 24.3. The number of allylic oxidation sites excluding steroid dienone is 5. The normalized spacial score (nSPS) is 21.5. The zero-order valence-corrected chi connectivity index (χ0v) is 24.3. The van der Waals surface area contributed by atoms with Crippen molar-refractivity contribution in [3.8, 4) is 0 Å². The van der Waals surface area contributed by atoms with Crippen LogP contribution in [-0.2, 0) is 0 Å². The Bertz CT molecular complexity index is 878. The van der Waals surface area contributed by atoms with E-state index in [1.165, 1.54) is 0 Å². The van der Waals surface area contributed by atoms with Crippen LogP contribution in [0.25, 0.3) is 0 Å². The van der Waals surface area contributed by atoms with Gasteiger partial charge in [0.2, 0.25) is 0 Å². The SMILES string of the molecule is C=C/C=C(C(\F)=C\CN(CC)CCNC(C)(C)O)/C1=C/C=C/N(CCC(C)(C)C)C(O)N(C)CC(C)=N1. The van der Waals surface area contributed by atoms with Crippen LogP contribution < -0.4 is 5.32 Å². The molecule has 210 valence electrons. The molecule has 0 bridgehead atoms. The molecule has 0 aliphatic carbocycles. The average Bonchev–Trinajstić information content (AvgIpc) is 2.78. The molecule has 0 radical (unpaired) electrons. The minimum absolute atomic E-state index is 0.129. The molecule has 0 aromatic rings. The summed E-state index contributed by atoms with van der Waals surface area (Å²) < 4.78 is 15.5. The Morgan fingerprint density at radius 2 is 2.00 bits per heavy atom. The van der Waals surface area contributed by atoms with Gasteiger partial charge in [0.15, 0.2) is 6.35 Å². The van der Waals surface area contributed by atoms with Gasteiger partial charge >= 0.3 is 0 Å². The van der Waals surface area contributed by atoms with Crippen molar-refractivity contribution < 1.29 is 14.6 Å². The second-order valence-corrected chi connectivity index (χ2v) is 11.3. The molecule has 1 aliphatic rings. The van der Waals surface area contributed by atoms with Crippen molar-refractivity contribution in [3.63, 3.8) is 0 Å². The first-order chi connectivity index (χ1) is 17.2. The number of aliphatic imine (C=N–C) groups is 1. The zero-order chi connectivity index (χ0) is 28.2. The molecule has 8 heteroatoms. The molecular formula is C29H50FN5O2. The van der Waals surface area contributed by atoms with Gasteiger partial charge in [0, 0.05) is 50.2 Å². The molecule has 1 heterocycles. The Labute approximate surface area is 224 Å². The molecule has 0 saturated heterocycles. The van der Waals surface area contributed by atoms with Crippen LogP contribution in [0.1, 0.15) is 54.9 Å². The molecule has 0 aromatic carbocycles. The lowest BCUT2D eigenvalue weighted by molar-refractivity contribution is -0.0741. The van der Waals surface area contributed by atoms with E-state index in [9.17, 15) is 10.2 Å². The van der Waals surface area contributed by atoms with Gasteiger partial charge in [-0.2, -0.15) is 0 Å². The maximum Gasteiger partial charge on any atom is 0.186 e. The van der Waals surface area contributed by atoms with Crippen LogP contribution in [0.5, 0.6) is 0 Å². The third kappa shape index (κ3) is 13.3. The minimum atomic E-state index is -0.946. The summed E-state index contributed by atoms with van der Waals surface area (Å²) in [6.07, 6.45) is 10.3. The van der Waals surface area contributed by atoms with Crippen LogP contribution in [0.2, 0.25) is 0 Å². The largest absolute Gasteiger partial charge is 0.376 e. The van der Waals surface area contributed by atoms with Crippen molar-refractivity contribution in [2.75, 3.05) is 46.3 Å². The first-order valence-corrected chi connectivity index (χ1v) is 13.1. The van der Waals surface area contributed by atoms with Crippen molar-refractivity contribution in [3.05, 3.63) is 60.3 Å². The standard InChI is InChI=1S/C29H50FN5O2/c1-10-13-24(25(30)15-19-34(11-2)21-17-31-29(7,8)37)26-14-12-18-35(20-16-28(4,5)6)27(36)33(9)22-23(3)32-26/h10,12-15,18,27,31,36-37H,1,11,16-17,19-22H2,2-9H3/b18-12+,24-13+,25-15-,26-14-,32-23?. The molecule has 0 aromatic heterocycles. The van der Waals surface area contributed by atoms with Crippen LogP contribution in [0, 0.1) is 5.41 Å². The number of hydrogen-bond donors (Lipinski definition) is 3. The highest BCUT2D eigenvalue weighted by Gasteiger charge is 2.21. The summed E-state index contributed by atoms with van der Waals surface area (Å²) in [5, 5.41) is 23.8. The highest BCUT2D eigenvalue weighted by molar-refractivity contribution is 5.85. The number of aliphatic hydroxyl groups is 2. The van der Waals surface area contributed by atoms with Gasteiger partial charge in [-0.05, 0) is 64.4 Å². The van der Waals surface area contributed by atoms with E-state index < -0.39 is 12.1 Å². The van der Waals surface area contributed by atoms with E-state index in [0.29, 0.717) is 44.0 Å². The van der Waals surface area contributed by atoms with Gasteiger partial charge in [-0.15, -0.1) is 0 Å². The lowest BCUT2D eigenvalue weighted by Crippen LogP contribution is -2.46. The summed E-state index contributed by atoms with van der Waals surface area (Å²) in [5.74, 6) is -0.375. The summed E-state index contributed by atoms with van der Waals surface area (Å²) in [7, 11) is 1.85. The number of likely N-dealkylation sites (N-methyl/N-ethyl adjacent to an activating group) is 1. The number of nitrogens with one attached hydrogen (secondary N) is 1. The molecule has 1 atom stereocenters. The molecule has 1 unspecified atom stereocenters. The van der Waals surface area contributed by atoms with Gasteiger partial charge in [-0.3, -0.25) is 20.1 Å². The highest BCUT2D eigenvalue weighted by atomic mass is 19.1. The second-order valence-electron chi connectivity index (χ2n) is 11.3. The molecular weight excluding hydrogens is 469 g/mol. The van der Waals surface area contributed by atoms with Gasteiger partial charge in [0.05, 0.1) is 5.70 Å². The Hall–Kier alpha value is -2.10. The van der Waals surface area contributed by atoms with E-state index in [0.717, 1.165) is 18.7 Å². The highest BCUT2D eigenvalue weighted by Crippen LogP contribution is 2.24. The number of aliphatic hydroxyl groups excluding tert-OH is 1. The summed E-state index contributed by atoms with van der Waals surface area (Å²) in [4.78, 5) is 10.5. The molecule has 1 rings (SSSR count). The molecule has 37 heavy (non-hydrogen) atoms. The Morgan fingerprint density at radius 1 is 1.32 bits per heavy atom. The van der Waals surface area contributed by atoms with E-state index >= 15 is 4.39 Å². The Kier molecular flexibility index (Phi) is 13.7. The Balaban J connectivity index is 3.20. The topological polar surface area (TPSA) is 74.6 Å². The minimum Gasteiger partial charge on any atom is -0.376 e. The van der Waals surface area contributed by atoms with Crippen LogP contribution in [-0.4, -0.2) is 89.0 Å². The van der Waals surface area contributed by atoms with E-state index in [4.69, 9.17) is 4.99 Å². The quantitative estimate of drug-likeness (QED) is 0.262. The smallest absolute Gasteiger partial charge is 0.186 e. The van der Waals surface area contributed by atoms with Crippen LogP contribution in [0.15, 0.2) is 65.2 Å². The summed E-state index contributed by atoms with van der Waals surface area (Å²) in [6.45, 7) is 21.1. The van der Waals surface area contributed by atoms with Crippen LogP contribution >= 0.6 is 0 Å². The van der Waals surface area contributed by atoms with E-state index in [1.807, 2.05) is 43.0 Å². The van der Waals surface area contributed by atoms with Crippen molar-refractivity contribution in [2.24, 2.45) is 10.4 Å². The van der Waals surface area contributed by atoms with Crippen molar-refractivity contribution in [2.45, 2.75) is 67.0 Å². The van der Waals surface area contributed by atoms with Gasteiger partial charge < -0.3 is 15.1 Å². The predicted molar refractivity (Wildman–Crippen MR) is 154 cm³/mol. The summed E-state index contributed by atoms with van der Waals surface area (Å²) in [6, 6.07) is 0. The third-order valence-electron chi connectivity index (χ3n) is 5.91. The molecule has 0 spiro atoms. The fourth-order valence-corrected chi connectivity index (χ4v) is 3.72. The third-order valence-corrected chi connectivity index (χ3v) is 5.91. The van der Waals surface area contributed by atoms with E-state index in [-0.39, 0.29) is 11.2 Å². The second kappa shape index (κ2) is 15.3. The molecule has 1 aliphatic heterocycles. The molecule has 0 saturated carbocycles. The van der Waals surface area contributed by atoms with Gasteiger partial charge in [-0.25, -0.2) is 4.39 Å². The van der Waals surface area contributed by atoms with E-state index in [2.05, 4.69) is 37.6 Å². The first-order valence-electron chi connectivity index (χ1n) is 13.1. The van der Waals surface area contributed by atoms with Crippen molar-refractivity contribution in [1.82, 2.24) is 20.0 Å². The monoisotopic (exact) mass is 519 g/mol. The van der Waals surface area contributed by atoms with Gasteiger partial charge in [-0.1, -0.05) is 46.4 Å². The van der Waals surface area contributed by atoms with Crippen molar-refractivity contribution in [1.29, 1.82) is 0 Å². The fraction of sp³-hybridized carbons (Fsp3) is 0.621. The predicted octanol–water partition coefficient (Wildman–Crippen LogP) is 4.41. The van der Waals surface area contributed by atoms with Gasteiger partial charge in [0.1, 0.15) is 11.6 Å². The number of nitrogens with zero attached hydrogens (tertiary/aromatic N) is 4. The fourth-order valence-electron chi connectivity index (χ4n) is 3.72. The molecule has 0 fully saturated rings. The maximum atomic E-state index is 15.5.